The minimum atomic E-state index is -0.203. The van der Waals surface area contributed by atoms with Gasteiger partial charge in [-0.3, -0.25) is 0 Å². The highest BCUT2D eigenvalue weighted by Crippen LogP contribution is 2.27. The van der Waals surface area contributed by atoms with Gasteiger partial charge >= 0.3 is 0 Å². The molecule has 1 heterocycles. The van der Waals surface area contributed by atoms with Crippen LogP contribution in [0.3, 0.4) is 0 Å². The second-order valence-corrected chi connectivity index (χ2v) is 4.08. The summed E-state index contributed by atoms with van der Waals surface area (Å²) in [5.74, 6) is 0. The number of hydrogen-bond donors (Lipinski definition) is 2. The summed E-state index contributed by atoms with van der Waals surface area (Å²) in [7, 11) is 0. The van der Waals surface area contributed by atoms with Crippen LogP contribution in [0.2, 0.25) is 0 Å². The predicted octanol–water partition coefficient (Wildman–Crippen LogP) is 0.830. The Morgan fingerprint density at radius 2 is 2.00 bits per heavy atom. The molecule has 0 spiro atoms. The SMILES string of the molecule is FCC1(NC2CC2)CCNCC1. The topological polar surface area (TPSA) is 24.1 Å². The molecule has 3 heteroatoms. The van der Waals surface area contributed by atoms with E-state index in [0.717, 1.165) is 25.9 Å². The van der Waals surface area contributed by atoms with E-state index in [1.165, 1.54) is 12.8 Å². The highest BCUT2D eigenvalue weighted by Gasteiger charge is 2.37. The Bertz CT molecular complexity index is 151. The lowest BCUT2D eigenvalue weighted by atomic mass is 9.89. The van der Waals surface area contributed by atoms with Crippen LogP contribution in [0, 0.1) is 0 Å². The summed E-state index contributed by atoms with van der Waals surface area (Å²) in [4.78, 5) is 0. The van der Waals surface area contributed by atoms with Crippen LogP contribution in [0.15, 0.2) is 0 Å². The van der Waals surface area contributed by atoms with Crippen molar-refractivity contribution in [3.05, 3.63) is 0 Å². The monoisotopic (exact) mass is 172 g/mol. The standard InChI is InChI=1S/C9H17FN2/c10-7-9(12-8-1-2-8)3-5-11-6-4-9/h8,11-12H,1-7H2. The molecular formula is C9H17FN2. The van der Waals surface area contributed by atoms with Crippen LogP contribution in [0.4, 0.5) is 4.39 Å². The third-order valence-electron chi connectivity index (χ3n) is 2.90. The number of nitrogens with one attached hydrogen (secondary N) is 2. The molecule has 70 valence electrons. The van der Waals surface area contributed by atoms with E-state index in [1.54, 1.807) is 0 Å². The molecule has 0 unspecified atom stereocenters. The van der Waals surface area contributed by atoms with Gasteiger partial charge in [-0.2, -0.15) is 0 Å². The number of halogens is 1. The van der Waals surface area contributed by atoms with E-state index >= 15 is 0 Å². The van der Waals surface area contributed by atoms with Crippen molar-refractivity contribution >= 4 is 0 Å². The number of piperidine rings is 1. The zero-order valence-corrected chi connectivity index (χ0v) is 7.41. The summed E-state index contributed by atoms with van der Waals surface area (Å²) in [6.07, 6.45) is 4.38. The first kappa shape index (κ1) is 8.45. The molecule has 2 nitrogen and oxygen atoms in total. The third-order valence-corrected chi connectivity index (χ3v) is 2.90. The van der Waals surface area contributed by atoms with Crippen LogP contribution in [-0.2, 0) is 0 Å². The summed E-state index contributed by atoms with van der Waals surface area (Å²) in [5.41, 5.74) is -0.174. The maximum atomic E-state index is 12.8. The summed E-state index contributed by atoms with van der Waals surface area (Å²) in [5, 5.41) is 6.70. The third kappa shape index (κ3) is 1.77. The molecule has 2 aliphatic rings. The molecule has 0 amide bonds. The van der Waals surface area contributed by atoms with E-state index in [2.05, 4.69) is 10.6 Å². The van der Waals surface area contributed by atoms with Gasteiger partial charge in [0.1, 0.15) is 6.67 Å². The van der Waals surface area contributed by atoms with Crippen molar-refractivity contribution in [2.75, 3.05) is 19.8 Å². The van der Waals surface area contributed by atoms with Gasteiger partial charge < -0.3 is 10.6 Å². The molecule has 0 radical (unpaired) electrons. The normalized spacial score (nSPS) is 28.8. The van der Waals surface area contributed by atoms with Crippen molar-refractivity contribution in [1.29, 1.82) is 0 Å². The Labute approximate surface area is 72.9 Å². The molecule has 1 aliphatic heterocycles. The molecule has 2 fully saturated rings. The molecule has 1 saturated carbocycles. The zero-order chi connectivity index (χ0) is 8.44. The molecule has 2 N–H and O–H groups in total. The van der Waals surface area contributed by atoms with Gasteiger partial charge in [-0.15, -0.1) is 0 Å². The van der Waals surface area contributed by atoms with E-state index in [9.17, 15) is 4.39 Å². The van der Waals surface area contributed by atoms with Crippen molar-refractivity contribution in [1.82, 2.24) is 10.6 Å². The Balaban J connectivity index is 1.90. The molecule has 2 rings (SSSR count). The molecule has 12 heavy (non-hydrogen) atoms. The molecular weight excluding hydrogens is 155 g/mol. The second kappa shape index (κ2) is 3.30. The fourth-order valence-corrected chi connectivity index (χ4v) is 1.88. The maximum Gasteiger partial charge on any atom is 0.108 e. The number of rotatable bonds is 3. The Morgan fingerprint density at radius 3 is 2.50 bits per heavy atom. The summed E-state index contributed by atoms with van der Waals surface area (Å²) >= 11 is 0. The maximum absolute atomic E-state index is 12.8. The Hall–Kier alpha value is -0.150. The second-order valence-electron chi connectivity index (χ2n) is 4.08. The number of hydrogen-bond acceptors (Lipinski definition) is 2. The Kier molecular flexibility index (Phi) is 2.33. The first-order valence-corrected chi connectivity index (χ1v) is 4.89. The van der Waals surface area contributed by atoms with Crippen LogP contribution in [0.25, 0.3) is 0 Å². The van der Waals surface area contributed by atoms with E-state index in [4.69, 9.17) is 0 Å². The lowest BCUT2D eigenvalue weighted by Gasteiger charge is -2.36. The van der Waals surface area contributed by atoms with Gasteiger partial charge in [0, 0.05) is 11.6 Å². The fraction of sp³-hybridized carbons (Fsp3) is 1.00. The van der Waals surface area contributed by atoms with Gasteiger partial charge in [0.25, 0.3) is 0 Å². The van der Waals surface area contributed by atoms with Gasteiger partial charge in [-0.05, 0) is 38.8 Å². The first-order valence-electron chi connectivity index (χ1n) is 4.89. The minimum Gasteiger partial charge on any atom is -0.317 e. The van der Waals surface area contributed by atoms with E-state index < -0.39 is 0 Å². The molecule has 0 atom stereocenters. The van der Waals surface area contributed by atoms with E-state index in [-0.39, 0.29) is 12.2 Å². The van der Waals surface area contributed by atoms with Crippen LogP contribution in [0.5, 0.6) is 0 Å². The zero-order valence-electron chi connectivity index (χ0n) is 7.41. The van der Waals surface area contributed by atoms with Crippen molar-refractivity contribution in [2.24, 2.45) is 0 Å². The minimum absolute atomic E-state index is 0.174. The molecule has 0 aromatic carbocycles. The quantitative estimate of drug-likeness (QED) is 0.659. The molecule has 1 aliphatic carbocycles. The highest BCUT2D eigenvalue weighted by atomic mass is 19.1. The van der Waals surface area contributed by atoms with Crippen molar-refractivity contribution in [2.45, 2.75) is 37.3 Å². The molecule has 0 aromatic heterocycles. The van der Waals surface area contributed by atoms with Crippen molar-refractivity contribution in [3.8, 4) is 0 Å². The predicted molar refractivity (Wildman–Crippen MR) is 47.0 cm³/mol. The average Bonchev–Trinajstić information content (AvgIpc) is 2.90. The molecule has 0 bridgehead atoms. The summed E-state index contributed by atoms with van der Waals surface area (Å²) < 4.78 is 12.8. The van der Waals surface area contributed by atoms with Crippen molar-refractivity contribution in [3.63, 3.8) is 0 Å². The lowest BCUT2D eigenvalue weighted by Crippen LogP contribution is -2.54. The van der Waals surface area contributed by atoms with Crippen LogP contribution in [0.1, 0.15) is 25.7 Å². The average molecular weight is 172 g/mol. The summed E-state index contributed by atoms with van der Waals surface area (Å²) in [6, 6.07) is 0.624. The van der Waals surface area contributed by atoms with Crippen LogP contribution < -0.4 is 10.6 Å². The van der Waals surface area contributed by atoms with Crippen LogP contribution >= 0.6 is 0 Å². The fourth-order valence-electron chi connectivity index (χ4n) is 1.88. The van der Waals surface area contributed by atoms with Crippen molar-refractivity contribution < 1.29 is 4.39 Å². The van der Waals surface area contributed by atoms with Gasteiger partial charge in [0.05, 0.1) is 0 Å². The smallest absolute Gasteiger partial charge is 0.108 e. The molecule has 1 saturated heterocycles. The highest BCUT2D eigenvalue weighted by molar-refractivity contribution is 4.97. The largest absolute Gasteiger partial charge is 0.317 e. The summed E-state index contributed by atoms with van der Waals surface area (Å²) in [6.45, 7) is 1.72. The van der Waals surface area contributed by atoms with Gasteiger partial charge in [0.2, 0.25) is 0 Å². The lowest BCUT2D eigenvalue weighted by molar-refractivity contribution is 0.187. The first-order chi connectivity index (χ1) is 5.85. The van der Waals surface area contributed by atoms with Gasteiger partial charge in [-0.1, -0.05) is 0 Å². The van der Waals surface area contributed by atoms with E-state index in [0.29, 0.717) is 6.04 Å². The molecule has 0 aromatic rings. The van der Waals surface area contributed by atoms with Gasteiger partial charge in [0.15, 0.2) is 0 Å². The Morgan fingerprint density at radius 1 is 1.33 bits per heavy atom. The van der Waals surface area contributed by atoms with Crippen LogP contribution in [-0.4, -0.2) is 31.3 Å². The van der Waals surface area contributed by atoms with E-state index in [1.807, 2.05) is 0 Å². The number of alkyl halides is 1. The van der Waals surface area contributed by atoms with Gasteiger partial charge in [-0.25, -0.2) is 4.39 Å².